The minimum absolute atomic E-state index is 0.229. The first-order valence-electron chi connectivity index (χ1n) is 6.55. The summed E-state index contributed by atoms with van der Waals surface area (Å²) in [5.41, 5.74) is 2.53. The molecule has 1 saturated carbocycles. The average molecular weight is 233 g/mol. The zero-order chi connectivity index (χ0) is 12.5. The van der Waals surface area contributed by atoms with Crippen LogP contribution in [0.5, 0.6) is 0 Å². The number of aromatic nitrogens is 2. The Balaban J connectivity index is 2.25. The Bertz CT molecular complexity index is 394. The minimum Gasteiger partial charge on any atom is -0.319 e. The number of hydrogen-bond donors (Lipinski definition) is 1. The van der Waals surface area contributed by atoms with Crippen LogP contribution in [0.15, 0.2) is 6.07 Å². The molecule has 3 heteroatoms. The lowest BCUT2D eigenvalue weighted by molar-refractivity contribution is 0.570. The summed E-state index contributed by atoms with van der Waals surface area (Å²) < 4.78 is 0. The fraction of sp³-hybridized carbons (Fsp3) is 0.714. The smallest absolute Gasteiger partial charge is 0.136 e. The number of hydrogen-bond acceptors (Lipinski definition) is 3. The summed E-state index contributed by atoms with van der Waals surface area (Å²) in [5, 5.41) is 3.27. The Hall–Kier alpha value is -0.960. The maximum atomic E-state index is 4.78. The van der Waals surface area contributed by atoms with E-state index in [-0.39, 0.29) is 5.41 Å². The third kappa shape index (κ3) is 2.83. The van der Waals surface area contributed by atoms with Crippen molar-refractivity contribution in [3.8, 4) is 0 Å². The third-order valence-corrected chi connectivity index (χ3v) is 3.37. The van der Waals surface area contributed by atoms with Crippen LogP contribution in [0.25, 0.3) is 0 Å². The molecule has 1 aromatic rings. The second-order valence-corrected chi connectivity index (χ2v) is 5.73. The molecule has 0 aliphatic heterocycles. The van der Waals surface area contributed by atoms with Gasteiger partial charge in [0, 0.05) is 23.3 Å². The summed E-state index contributed by atoms with van der Waals surface area (Å²) in [6.07, 6.45) is 3.49. The first-order chi connectivity index (χ1) is 8.05. The molecule has 0 spiro atoms. The van der Waals surface area contributed by atoms with Crippen LogP contribution in [-0.4, -0.2) is 23.6 Å². The normalized spacial score (nSPS) is 17.5. The Morgan fingerprint density at radius 1 is 1.35 bits per heavy atom. The van der Waals surface area contributed by atoms with Gasteiger partial charge in [0.25, 0.3) is 0 Å². The number of rotatable bonds is 5. The van der Waals surface area contributed by atoms with Gasteiger partial charge in [-0.05, 0) is 45.2 Å². The van der Waals surface area contributed by atoms with E-state index >= 15 is 0 Å². The van der Waals surface area contributed by atoms with Crippen LogP contribution in [0, 0.1) is 12.8 Å². The molecule has 17 heavy (non-hydrogen) atoms. The first-order valence-corrected chi connectivity index (χ1v) is 6.55. The molecule has 0 bridgehead atoms. The molecule has 1 fully saturated rings. The van der Waals surface area contributed by atoms with E-state index in [0.717, 1.165) is 24.5 Å². The van der Waals surface area contributed by atoms with Gasteiger partial charge < -0.3 is 5.32 Å². The van der Waals surface area contributed by atoms with Crippen molar-refractivity contribution < 1.29 is 0 Å². The molecule has 1 aliphatic carbocycles. The highest BCUT2D eigenvalue weighted by atomic mass is 15.0. The summed E-state index contributed by atoms with van der Waals surface area (Å²) in [4.78, 5) is 9.42. The van der Waals surface area contributed by atoms with E-state index in [9.17, 15) is 0 Å². The summed E-state index contributed by atoms with van der Waals surface area (Å²) in [6.45, 7) is 7.54. The molecule has 94 valence electrons. The second kappa shape index (κ2) is 4.73. The monoisotopic (exact) mass is 233 g/mol. The number of aryl methyl sites for hydroxylation is 1. The molecule has 0 unspecified atom stereocenters. The fourth-order valence-corrected chi connectivity index (χ4v) is 2.36. The highest BCUT2D eigenvalue weighted by molar-refractivity contribution is 5.23. The molecular weight excluding hydrogens is 210 g/mol. The van der Waals surface area contributed by atoms with Crippen LogP contribution >= 0.6 is 0 Å². The van der Waals surface area contributed by atoms with Crippen LogP contribution in [0.1, 0.15) is 43.9 Å². The molecule has 0 aromatic carbocycles. The number of nitrogens with one attached hydrogen (secondary N) is 1. The average Bonchev–Trinajstić information content (AvgIpc) is 2.97. The van der Waals surface area contributed by atoms with E-state index in [2.05, 4.69) is 37.1 Å². The summed E-state index contributed by atoms with van der Waals surface area (Å²) in [6, 6.07) is 2.12. The minimum atomic E-state index is 0.229. The largest absolute Gasteiger partial charge is 0.319 e. The van der Waals surface area contributed by atoms with Crippen molar-refractivity contribution in [1.82, 2.24) is 15.3 Å². The first kappa shape index (κ1) is 12.5. The lowest BCUT2D eigenvalue weighted by atomic mass is 10.0. The summed E-state index contributed by atoms with van der Waals surface area (Å²) in [5.74, 6) is 1.71. The molecule has 2 rings (SSSR count). The topological polar surface area (TPSA) is 37.8 Å². The van der Waals surface area contributed by atoms with Gasteiger partial charge in [-0.15, -0.1) is 0 Å². The lowest BCUT2D eigenvalue weighted by Crippen LogP contribution is -2.26. The van der Waals surface area contributed by atoms with Crippen LogP contribution in [0.2, 0.25) is 0 Å². The standard InChI is InChI=1S/C14H23N3/c1-10(2)7-12-8-11(3)16-13(17-12)14(5-6-14)9-15-4/h8,10,15H,5-7,9H2,1-4H3. The highest BCUT2D eigenvalue weighted by Gasteiger charge is 2.46. The van der Waals surface area contributed by atoms with Crippen LogP contribution < -0.4 is 5.32 Å². The number of likely N-dealkylation sites (N-methyl/N-ethyl adjacent to an activating group) is 1. The van der Waals surface area contributed by atoms with Crippen molar-refractivity contribution in [2.45, 2.75) is 45.4 Å². The number of nitrogens with zero attached hydrogens (tertiary/aromatic N) is 2. The Morgan fingerprint density at radius 3 is 2.59 bits per heavy atom. The van der Waals surface area contributed by atoms with Gasteiger partial charge in [0.2, 0.25) is 0 Å². The van der Waals surface area contributed by atoms with Gasteiger partial charge in [0.1, 0.15) is 5.82 Å². The zero-order valence-electron chi connectivity index (χ0n) is 11.4. The SMILES string of the molecule is CNCC1(c2nc(C)cc(CC(C)C)n2)CC1. The summed E-state index contributed by atoms with van der Waals surface area (Å²) in [7, 11) is 2.00. The molecule has 0 amide bonds. The maximum absolute atomic E-state index is 4.78. The van der Waals surface area contributed by atoms with E-state index < -0.39 is 0 Å². The second-order valence-electron chi connectivity index (χ2n) is 5.73. The van der Waals surface area contributed by atoms with Crippen molar-refractivity contribution in [3.63, 3.8) is 0 Å². The van der Waals surface area contributed by atoms with Gasteiger partial charge in [-0.3, -0.25) is 0 Å². The molecule has 0 radical (unpaired) electrons. The van der Waals surface area contributed by atoms with Crippen LogP contribution in [-0.2, 0) is 11.8 Å². The lowest BCUT2D eigenvalue weighted by Gasteiger charge is -2.15. The van der Waals surface area contributed by atoms with Gasteiger partial charge >= 0.3 is 0 Å². The Morgan fingerprint density at radius 2 is 2.06 bits per heavy atom. The quantitative estimate of drug-likeness (QED) is 0.847. The zero-order valence-corrected chi connectivity index (χ0v) is 11.4. The van der Waals surface area contributed by atoms with Crippen LogP contribution in [0.4, 0.5) is 0 Å². The van der Waals surface area contributed by atoms with E-state index in [1.807, 2.05) is 7.05 Å². The molecule has 1 aromatic heterocycles. The van der Waals surface area contributed by atoms with E-state index in [0.29, 0.717) is 5.92 Å². The highest BCUT2D eigenvalue weighted by Crippen LogP contribution is 2.46. The van der Waals surface area contributed by atoms with Gasteiger partial charge in [-0.1, -0.05) is 13.8 Å². The van der Waals surface area contributed by atoms with Gasteiger partial charge in [-0.2, -0.15) is 0 Å². The van der Waals surface area contributed by atoms with Crippen molar-refractivity contribution in [2.75, 3.05) is 13.6 Å². The van der Waals surface area contributed by atoms with E-state index in [1.165, 1.54) is 18.5 Å². The molecule has 3 nitrogen and oxygen atoms in total. The maximum Gasteiger partial charge on any atom is 0.136 e. The predicted molar refractivity (Wildman–Crippen MR) is 70.1 cm³/mol. The van der Waals surface area contributed by atoms with Crippen molar-refractivity contribution in [1.29, 1.82) is 0 Å². The molecule has 0 atom stereocenters. The summed E-state index contributed by atoms with van der Waals surface area (Å²) >= 11 is 0. The Kier molecular flexibility index (Phi) is 3.48. The van der Waals surface area contributed by atoms with Gasteiger partial charge in [0.05, 0.1) is 0 Å². The molecule has 0 saturated heterocycles. The molecule has 1 N–H and O–H groups in total. The van der Waals surface area contributed by atoms with Crippen molar-refractivity contribution in [3.05, 3.63) is 23.3 Å². The molecule has 1 heterocycles. The van der Waals surface area contributed by atoms with Crippen LogP contribution in [0.3, 0.4) is 0 Å². The Labute approximate surface area is 104 Å². The predicted octanol–water partition coefficient (Wildman–Crippen LogP) is 2.23. The van der Waals surface area contributed by atoms with E-state index in [1.54, 1.807) is 0 Å². The fourth-order valence-electron chi connectivity index (χ4n) is 2.36. The third-order valence-electron chi connectivity index (χ3n) is 3.37. The van der Waals surface area contributed by atoms with E-state index in [4.69, 9.17) is 4.98 Å². The van der Waals surface area contributed by atoms with Gasteiger partial charge in [0.15, 0.2) is 0 Å². The molecular formula is C14H23N3. The molecule has 1 aliphatic rings. The van der Waals surface area contributed by atoms with Gasteiger partial charge in [-0.25, -0.2) is 9.97 Å². The van der Waals surface area contributed by atoms with Crippen molar-refractivity contribution in [2.24, 2.45) is 5.92 Å². The van der Waals surface area contributed by atoms with Crippen molar-refractivity contribution >= 4 is 0 Å².